The van der Waals surface area contributed by atoms with Gasteiger partial charge in [-0.2, -0.15) is 5.10 Å². The Bertz CT molecular complexity index is 882. The van der Waals surface area contributed by atoms with Crippen LogP contribution in [0.2, 0.25) is 0 Å². The first-order valence-electron chi connectivity index (χ1n) is 7.67. The number of rotatable bonds is 6. The van der Waals surface area contributed by atoms with Crippen molar-refractivity contribution in [2.24, 2.45) is 13.0 Å². The van der Waals surface area contributed by atoms with Gasteiger partial charge in [-0.25, -0.2) is 0 Å². The van der Waals surface area contributed by atoms with Crippen LogP contribution in [-0.2, 0) is 7.05 Å². The maximum Gasteiger partial charge on any atom is 0.279 e. The summed E-state index contributed by atoms with van der Waals surface area (Å²) in [7, 11) is 1.84. The molecule has 0 saturated heterocycles. The second kappa shape index (κ2) is 7.36. The highest BCUT2D eigenvalue weighted by Gasteiger charge is 2.18. The van der Waals surface area contributed by atoms with Gasteiger partial charge in [0.2, 0.25) is 5.13 Å². The van der Waals surface area contributed by atoms with Crippen molar-refractivity contribution in [2.75, 3.05) is 11.1 Å². The van der Waals surface area contributed by atoms with Gasteiger partial charge in [-0.15, -0.1) is 10.2 Å². The monoisotopic (exact) mass is 378 g/mol. The number of nitrogens with one attached hydrogen (secondary N) is 1. The highest BCUT2D eigenvalue weighted by atomic mass is 32.2. The molecule has 0 aliphatic heterocycles. The molecule has 3 aromatic heterocycles. The second-order valence-corrected chi connectivity index (χ2v) is 8.12. The zero-order valence-corrected chi connectivity index (χ0v) is 15.9. The predicted molar refractivity (Wildman–Crippen MR) is 96.9 cm³/mol. The van der Waals surface area contributed by atoms with Gasteiger partial charge in [0.05, 0.1) is 11.8 Å². The average Bonchev–Trinajstić information content (AvgIpc) is 3.28. The summed E-state index contributed by atoms with van der Waals surface area (Å²) in [5, 5.41) is 19.2. The van der Waals surface area contributed by atoms with Crippen LogP contribution in [0.1, 0.15) is 30.0 Å². The SMILES string of the molecule is Cc1c(-c2cc(C(=O)Nc3nnc(SCC(C)C)s3)no2)cnn1C. The van der Waals surface area contributed by atoms with Crippen LogP contribution in [0.5, 0.6) is 0 Å². The molecule has 1 amide bonds. The summed E-state index contributed by atoms with van der Waals surface area (Å²) >= 11 is 2.97. The van der Waals surface area contributed by atoms with E-state index in [0.717, 1.165) is 21.3 Å². The molecule has 0 aromatic carbocycles. The summed E-state index contributed by atoms with van der Waals surface area (Å²) in [6, 6.07) is 1.59. The van der Waals surface area contributed by atoms with Crippen LogP contribution in [0, 0.1) is 12.8 Å². The molecule has 132 valence electrons. The lowest BCUT2D eigenvalue weighted by Gasteiger charge is -1.99. The van der Waals surface area contributed by atoms with Crippen molar-refractivity contribution in [3.8, 4) is 11.3 Å². The zero-order chi connectivity index (χ0) is 18.0. The molecular formula is C15H18N6O2S2. The van der Waals surface area contributed by atoms with Crippen molar-refractivity contribution in [3.05, 3.63) is 23.7 Å². The number of amides is 1. The van der Waals surface area contributed by atoms with Crippen molar-refractivity contribution in [1.29, 1.82) is 0 Å². The molecule has 1 N–H and O–H groups in total. The molecule has 8 nitrogen and oxygen atoms in total. The number of hydrogen-bond acceptors (Lipinski definition) is 8. The van der Waals surface area contributed by atoms with Gasteiger partial charge >= 0.3 is 0 Å². The van der Waals surface area contributed by atoms with Crippen LogP contribution in [0.15, 0.2) is 21.1 Å². The molecule has 3 rings (SSSR count). The van der Waals surface area contributed by atoms with Crippen molar-refractivity contribution in [2.45, 2.75) is 25.1 Å². The van der Waals surface area contributed by atoms with Crippen LogP contribution in [0.3, 0.4) is 0 Å². The summed E-state index contributed by atoms with van der Waals surface area (Å²) in [4.78, 5) is 12.3. The highest BCUT2D eigenvalue weighted by molar-refractivity contribution is 8.01. The highest BCUT2D eigenvalue weighted by Crippen LogP contribution is 2.28. The van der Waals surface area contributed by atoms with E-state index in [4.69, 9.17) is 4.52 Å². The fraction of sp³-hybridized carbons (Fsp3) is 0.400. The first kappa shape index (κ1) is 17.6. The Morgan fingerprint density at radius 2 is 2.24 bits per heavy atom. The van der Waals surface area contributed by atoms with Gasteiger partial charge in [0.1, 0.15) is 0 Å². The number of carbonyl (C=O) groups excluding carboxylic acids is 1. The van der Waals surface area contributed by atoms with Gasteiger partial charge < -0.3 is 4.52 Å². The largest absolute Gasteiger partial charge is 0.355 e. The Morgan fingerprint density at radius 3 is 2.92 bits per heavy atom. The van der Waals surface area contributed by atoms with Crippen molar-refractivity contribution in [1.82, 2.24) is 25.1 Å². The van der Waals surface area contributed by atoms with E-state index >= 15 is 0 Å². The van der Waals surface area contributed by atoms with E-state index in [9.17, 15) is 4.79 Å². The molecule has 0 unspecified atom stereocenters. The fourth-order valence-electron chi connectivity index (χ4n) is 1.97. The van der Waals surface area contributed by atoms with Gasteiger partial charge in [0, 0.05) is 24.6 Å². The topological polar surface area (TPSA) is 98.7 Å². The van der Waals surface area contributed by atoms with Gasteiger partial charge in [0.15, 0.2) is 15.8 Å². The fourth-order valence-corrected chi connectivity index (χ4v) is 3.69. The smallest absolute Gasteiger partial charge is 0.279 e. The van der Waals surface area contributed by atoms with Crippen molar-refractivity contribution in [3.63, 3.8) is 0 Å². The van der Waals surface area contributed by atoms with Crippen molar-refractivity contribution < 1.29 is 9.32 Å². The van der Waals surface area contributed by atoms with E-state index in [-0.39, 0.29) is 11.6 Å². The standard InChI is InChI=1S/C15H18N6O2S2/c1-8(2)7-24-15-19-18-14(25-15)17-13(22)11-5-12(23-20-11)10-6-16-21(4)9(10)3/h5-6,8H,7H2,1-4H3,(H,17,18,22). The van der Waals surface area contributed by atoms with Gasteiger partial charge in [-0.1, -0.05) is 42.1 Å². The average molecular weight is 378 g/mol. The summed E-state index contributed by atoms with van der Waals surface area (Å²) in [5.41, 5.74) is 1.92. The number of aromatic nitrogens is 5. The summed E-state index contributed by atoms with van der Waals surface area (Å²) in [6.45, 7) is 6.20. The van der Waals surface area contributed by atoms with Gasteiger partial charge in [-0.05, 0) is 12.8 Å². The van der Waals surface area contributed by atoms with Crippen LogP contribution in [0.25, 0.3) is 11.3 Å². The minimum absolute atomic E-state index is 0.185. The molecule has 0 radical (unpaired) electrons. The lowest BCUT2D eigenvalue weighted by atomic mass is 10.2. The molecule has 0 saturated carbocycles. The molecule has 3 aromatic rings. The molecule has 0 atom stereocenters. The van der Waals surface area contributed by atoms with E-state index < -0.39 is 0 Å². The lowest BCUT2D eigenvalue weighted by molar-refractivity contribution is 0.101. The van der Waals surface area contributed by atoms with E-state index in [0.29, 0.717) is 16.8 Å². The molecule has 0 aliphatic carbocycles. The molecule has 0 spiro atoms. The number of anilines is 1. The number of nitrogens with zero attached hydrogens (tertiary/aromatic N) is 5. The maximum atomic E-state index is 12.3. The van der Waals surface area contributed by atoms with Crippen molar-refractivity contribution >= 4 is 34.1 Å². The van der Waals surface area contributed by atoms with Gasteiger partial charge in [-0.3, -0.25) is 14.8 Å². The van der Waals surface area contributed by atoms with E-state index in [1.807, 2.05) is 14.0 Å². The molecule has 10 heteroatoms. The Labute approximate surface area is 153 Å². The third-order valence-electron chi connectivity index (χ3n) is 3.41. The Morgan fingerprint density at radius 1 is 1.44 bits per heavy atom. The number of carbonyl (C=O) groups is 1. The van der Waals surface area contributed by atoms with Crippen LogP contribution < -0.4 is 5.32 Å². The summed E-state index contributed by atoms with van der Waals surface area (Å²) < 4.78 is 7.83. The van der Waals surface area contributed by atoms with Gasteiger partial charge in [0.25, 0.3) is 5.91 Å². The van der Waals surface area contributed by atoms with Crippen LogP contribution >= 0.6 is 23.1 Å². The first-order chi connectivity index (χ1) is 11.9. The Balaban J connectivity index is 1.67. The quantitative estimate of drug-likeness (QED) is 0.519. The number of hydrogen-bond donors (Lipinski definition) is 1. The Hall–Kier alpha value is -2.20. The van der Waals surface area contributed by atoms with E-state index in [1.165, 1.54) is 11.3 Å². The van der Waals surface area contributed by atoms with E-state index in [2.05, 4.69) is 39.6 Å². The van der Waals surface area contributed by atoms with Crippen LogP contribution in [-0.4, -0.2) is 36.8 Å². The third kappa shape index (κ3) is 4.07. The third-order valence-corrected chi connectivity index (χ3v) is 5.81. The van der Waals surface area contributed by atoms with E-state index in [1.54, 1.807) is 28.7 Å². The maximum absolute atomic E-state index is 12.3. The molecule has 0 aliphatic rings. The molecule has 3 heterocycles. The Kier molecular flexibility index (Phi) is 5.19. The summed E-state index contributed by atoms with van der Waals surface area (Å²) in [6.07, 6.45) is 1.68. The second-order valence-electron chi connectivity index (χ2n) is 5.88. The summed E-state index contributed by atoms with van der Waals surface area (Å²) in [5.74, 6) is 1.64. The molecular weight excluding hydrogens is 360 g/mol. The zero-order valence-electron chi connectivity index (χ0n) is 14.3. The number of thioether (sulfide) groups is 1. The van der Waals surface area contributed by atoms with Crippen LogP contribution in [0.4, 0.5) is 5.13 Å². The first-order valence-corrected chi connectivity index (χ1v) is 9.47. The predicted octanol–water partition coefficient (Wildman–Crippen LogP) is 3.24. The minimum atomic E-state index is -0.381. The molecule has 0 bridgehead atoms. The molecule has 0 fully saturated rings. The minimum Gasteiger partial charge on any atom is -0.355 e. The number of aryl methyl sites for hydroxylation is 1. The lowest BCUT2D eigenvalue weighted by Crippen LogP contribution is -2.11. The molecule has 25 heavy (non-hydrogen) atoms. The normalized spacial score (nSPS) is 11.2.